The van der Waals surface area contributed by atoms with Crippen molar-refractivity contribution in [1.29, 1.82) is 0 Å². The van der Waals surface area contributed by atoms with Crippen molar-refractivity contribution in [3.05, 3.63) is 87.4 Å². The predicted octanol–water partition coefficient (Wildman–Crippen LogP) is 6.88. The summed E-state index contributed by atoms with van der Waals surface area (Å²) in [5, 5.41) is 0.464. The number of benzene rings is 3. The highest BCUT2D eigenvalue weighted by atomic mass is 35.5. The van der Waals surface area contributed by atoms with Crippen LogP contribution in [0.25, 0.3) is 11.0 Å². The molecule has 2 aliphatic rings. The Morgan fingerprint density at radius 1 is 1.06 bits per heavy atom. The van der Waals surface area contributed by atoms with Gasteiger partial charge in [0, 0.05) is 37.3 Å². The van der Waals surface area contributed by atoms with Crippen molar-refractivity contribution in [2.24, 2.45) is 5.41 Å². The number of rotatable bonds is 8. The molecule has 2 saturated heterocycles. The highest BCUT2D eigenvalue weighted by molar-refractivity contribution is 7.89. The third-order valence-corrected chi connectivity index (χ3v) is 13.1. The Morgan fingerprint density at radius 3 is 2.31 bits per heavy atom. The van der Waals surface area contributed by atoms with Gasteiger partial charge in [-0.1, -0.05) is 23.7 Å². The van der Waals surface area contributed by atoms with Crippen LogP contribution in [0.15, 0.2) is 53.4 Å². The minimum atomic E-state index is -3.87. The van der Waals surface area contributed by atoms with E-state index in [2.05, 4.69) is 9.88 Å². The molecule has 12 heteroatoms. The number of carbonyl (C=O) groups is 1. The maximum atomic E-state index is 14.4. The van der Waals surface area contributed by atoms with Crippen LogP contribution in [-0.4, -0.2) is 78.7 Å². The van der Waals surface area contributed by atoms with Gasteiger partial charge in [-0.15, -0.1) is 0 Å². The molecule has 6 rings (SSSR count). The van der Waals surface area contributed by atoms with Gasteiger partial charge >= 0.3 is 0 Å². The van der Waals surface area contributed by atoms with Gasteiger partial charge in [0.05, 0.1) is 29.1 Å². The SMILES string of the molecule is COc1cc(C)c(S(=O)(=O)N(C)C(C)c2nc3c(C(=O)N4CCC5(CCN(Cc6c(F)cccc6Cl)CC5)CC4)cccc3[nH]2)c(C)c1. The Morgan fingerprint density at radius 2 is 1.69 bits per heavy atom. The third-order valence-electron chi connectivity index (χ3n) is 10.5. The number of aromatic amines is 1. The fourth-order valence-electron chi connectivity index (χ4n) is 7.33. The van der Waals surface area contributed by atoms with E-state index in [4.69, 9.17) is 21.3 Å². The Kier molecular flexibility index (Phi) is 9.61. The van der Waals surface area contributed by atoms with Crippen molar-refractivity contribution in [3.8, 4) is 5.75 Å². The second-order valence-corrected chi connectivity index (χ2v) is 15.7. The third kappa shape index (κ3) is 6.45. The number of carbonyl (C=O) groups excluding carboxylic acids is 1. The van der Waals surface area contributed by atoms with Gasteiger partial charge in [-0.3, -0.25) is 9.69 Å². The number of imidazole rings is 1. The van der Waals surface area contributed by atoms with Crippen LogP contribution in [0.5, 0.6) is 5.75 Å². The molecule has 0 radical (unpaired) electrons. The highest BCUT2D eigenvalue weighted by Crippen LogP contribution is 2.42. The zero-order valence-corrected chi connectivity index (χ0v) is 29.7. The molecule has 3 aromatic carbocycles. The maximum Gasteiger partial charge on any atom is 0.256 e. The van der Waals surface area contributed by atoms with E-state index in [0.29, 0.717) is 69.5 Å². The lowest BCUT2D eigenvalue weighted by Crippen LogP contribution is -2.48. The Hall–Kier alpha value is -3.51. The minimum absolute atomic E-state index is 0.0711. The number of likely N-dealkylation sites (tertiary alicyclic amines) is 2. The molecule has 1 aromatic heterocycles. The van der Waals surface area contributed by atoms with E-state index in [9.17, 15) is 17.6 Å². The summed E-state index contributed by atoms with van der Waals surface area (Å²) in [4.78, 5) is 26.4. The maximum absolute atomic E-state index is 14.4. The number of nitrogens with zero attached hydrogens (tertiary/aromatic N) is 4. The number of ether oxygens (including phenoxy) is 1. The smallest absolute Gasteiger partial charge is 0.256 e. The fraction of sp³-hybridized carbons (Fsp3) is 0.444. The standard InChI is InChI=1S/C36H43ClFN5O4S/c1-23-20-26(47-5)21-24(2)33(23)48(45,46)41(4)25(3)34-39-31-11-6-8-27(32(31)40-34)35(44)43-18-14-36(15-19-43)12-16-42(17-13-36)22-28-29(37)9-7-10-30(28)38/h6-11,20-21,25H,12-19,22H2,1-5H3,(H,39,40). The van der Waals surface area contributed by atoms with Crippen molar-refractivity contribution in [2.75, 3.05) is 40.3 Å². The molecule has 48 heavy (non-hydrogen) atoms. The number of methoxy groups -OCH3 is 1. The first-order valence-corrected chi connectivity index (χ1v) is 18.2. The second-order valence-electron chi connectivity index (χ2n) is 13.4. The molecule has 0 saturated carbocycles. The lowest BCUT2D eigenvalue weighted by molar-refractivity contribution is 0.0284. The lowest BCUT2D eigenvalue weighted by Gasteiger charge is -2.47. The number of hydrogen-bond donors (Lipinski definition) is 1. The van der Waals surface area contributed by atoms with E-state index < -0.39 is 16.1 Å². The fourth-order valence-corrected chi connectivity index (χ4v) is 9.29. The van der Waals surface area contributed by atoms with E-state index in [-0.39, 0.29) is 22.0 Å². The number of fused-ring (bicyclic) bond motifs is 1. The first-order chi connectivity index (χ1) is 22.8. The van der Waals surface area contributed by atoms with Crippen LogP contribution < -0.4 is 4.74 Å². The molecule has 256 valence electrons. The Labute approximate surface area is 287 Å². The largest absolute Gasteiger partial charge is 0.497 e. The summed E-state index contributed by atoms with van der Waals surface area (Å²) in [5.41, 5.74) is 3.64. The van der Waals surface area contributed by atoms with Gasteiger partial charge in [0.1, 0.15) is 22.9 Å². The number of sulfonamides is 1. The van der Waals surface area contributed by atoms with E-state index >= 15 is 0 Å². The highest BCUT2D eigenvalue weighted by Gasteiger charge is 2.39. The average Bonchev–Trinajstić information content (AvgIpc) is 3.51. The van der Waals surface area contributed by atoms with Crippen LogP contribution in [-0.2, 0) is 16.6 Å². The van der Waals surface area contributed by atoms with Crippen LogP contribution >= 0.6 is 11.6 Å². The van der Waals surface area contributed by atoms with E-state index in [1.807, 2.05) is 17.0 Å². The summed E-state index contributed by atoms with van der Waals surface area (Å²) < 4.78 is 48.6. The van der Waals surface area contributed by atoms with Crippen molar-refractivity contribution >= 4 is 38.6 Å². The number of piperidine rings is 2. The normalized spacial score (nSPS) is 17.7. The van der Waals surface area contributed by atoms with E-state index in [0.717, 1.165) is 38.8 Å². The average molecular weight is 696 g/mol. The van der Waals surface area contributed by atoms with Gasteiger partial charge in [0.15, 0.2) is 0 Å². The van der Waals surface area contributed by atoms with Crippen LogP contribution in [0.1, 0.15) is 71.5 Å². The topological polar surface area (TPSA) is 98.8 Å². The summed E-state index contributed by atoms with van der Waals surface area (Å²) in [6.45, 7) is 8.86. The summed E-state index contributed by atoms with van der Waals surface area (Å²) >= 11 is 6.27. The Bertz CT molecular complexity index is 1900. The molecule has 1 atom stereocenters. The number of amides is 1. The summed E-state index contributed by atoms with van der Waals surface area (Å²) in [6.07, 6.45) is 3.84. The van der Waals surface area contributed by atoms with Gasteiger partial charge < -0.3 is 14.6 Å². The van der Waals surface area contributed by atoms with Gasteiger partial charge in [-0.25, -0.2) is 17.8 Å². The molecule has 0 aliphatic carbocycles. The molecule has 3 heterocycles. The van der Waals surface area contributed by atoms with E-state index in [1.165, 1.54) is 10.4 Å². The minimum Gasteiger partial charge on any atom is -0.497 e. The van der Waals surface area contributed by atoms with Crippen LogP contribution in [0, 0.1) is 25.1 Å². The number of aryl methyl sites for hydroxylation is 2. The van der Waals surface area contributed by atoms with Crippen molar-refractivity contribution in [3.63, 3.8) is 0 Å². The number of halogens is 2. The molecule has 0 bridgehead atoms. The number of aromatic nitrogens is 2. The first kappa shape index (κ1) is 34.4. The van der Waals surface area contributed by atoms with Gasteiger partial charge in [-0.2, -0.15) is 4.31 Å². The van der Waals surface area contributed by atoms with Crippen LogP contribution in [0.4, 0.5) is 4.39 Å². The van der Waals surface area contributed by atoms with Crippen molar-refractivity contribution in [2.45, 2.75) is 63.9 Å². The van der Waals surface area contributed by atoms with Crippen molar-refractivity contribution < 1.29 is 22.3 Å². The summed E-state index contributed by atoms with van der Waals surface area (Å²) in [6, 6.07) is 13.1. The van der Waals surface area contributed by atoms with Gasteiger partial charge in [0.25, 0.3) is 5.91 Å². The number of H-pyrrole nitrogens is 1. The molecule has 2 fully saturated rings. The molecule has 4 aromatic rings. The second kappa shape index (κ2) is 13.4. The lowest BCUT2D eigenvalue weighted by atomic mass is 9.71. The molecule has 2 aliphatic heterocycles. The molecular weight excluding hydrogens is 653 g/mol. The van der Waals surface area contributed by atoms with Gasteiger partial charge in [0.2, 0.25) is 10.0 Å². The van der Waals surface area contributed by atoms with E-state index in [1.54, 1.807) is 65.3 Å². The molecule has 1 N–H and O–H groups in total. The molecular formula is C36H43ClFN5O4S. The van der Waals surface area contributed by atoms with Crippen molar-refractivity contribution in [1.82, 2.24) is 24.1 Å². The number of hydrogen-bond acceptors (Lipinski definition) is 6. The summed E-state index contributed by atoms with van der Waals surface area (Å²) in [7, 11) is -0.773. The molecule has 1 unspecified atom stereocenters. The van der Waals surface area contributed by atoms with Crippen LogP contribution in [0.2, 0.25) is 5.02 Å². The zero-order valence-electron chi connectivity index (χ0n) is 28.1. The molecule has 1 amide bonds. The Balaban J connectivity index is 1.13. The van der Waals surface area contributed by atoms with Crippen LogP contribution in [0.3, 0.4) is 0 Å². The van der Waals surface area contributed by atoms with Gasteiger partial charge in [-0.05, 0) is 112 Å². The monoisotopic (exact) mass is 695 g/mol. The predicted molar refractivity (Wildman–Crippen MR) is 185 cm³/mol. The zero-order chi connectivity index (χ0) is 34.4. The summed E-state index contributed by atoms with van der Waals surface area (Å²) in [5.74, 6) is 0.726. The number of para-hydroxylation sites is 1. The quantitative estimate of drug-likeness (QED) is 0.216. The first-order valence-electron chi connectivity index (χ1n) is 16.4. The number of nitrogens with one attached hydrogen (secondary N) is 1. The molecule has 1 spiro atoms. The molecule has 9 nitrogen and oxygen atoms in total.